The second-order valence-corrected chi connectivity index (χ2v) is 2.23. The molecule has 0 radical (unpaired) electrons. The van der Waals surface area contributed by atoms with Gasteiger partial charge in [-0.2, -0.15) is 0 Å². The number of hydrogen-bond donors (Lipinski definition) is 0. The monoisotopic (exact) mass is 146 g/mol. The van der Waals surface area contributed by atoms with Gasteiger partial charge < -0.3 is 0 Å². The molecule has 0 spiro atoms. The van der Waals surface area contributed by atoms with Gasteiger partial charge in [0.2, 0.25) is 0 Å². The zero-order chi connectivity index (χ0) is 8.69. The molecule has 0 aliphatic carbocycles. The minimum atomic E-state index is 1.03. The molecule has 0 bridgehead atoms. The number of hydrogen-bond acceptors (Lipinski definition) is 0. The van der Waals surface area contributed by atoms with E-state index in [9.17, 15) is 0 Å². The van der Waals surface area contributed by atoms with Gasteiger partial charge in [0.1, 0.15) is 0 Å². The SMILES string of the molecule is C=C/C=C\C(=C/C=C)C(=C)C. The van der Waals surface area contributed by atoms with E-state index in [0.29, 0.717) is 0 Å². The predicted molar refractivity (Wildman–Crippen MR) is 52.4 cm³/mol. The van der Waals surface area contributed by atoms with E-state index in [2.05, 4.69) is 19.7 Å². The van der Waals surface area contributed by atoms with E-state index < -0.39 is 0 Å². The highest BCUT2D eigenvalue weighted by atomic mass is 13.9. The van der Waals surface area contributed by atoms with Crippen molar-refractivity contribution in [3.63, 3.8) is 0 Å². The fourth-order valence-corrected chi connectivity index (χ4v) is 0.639. The zero-order valence-corrected chi connectivity index (χ0v) is 7.01. The van der Waals surface area contributed by atoms with Crippen LogP contribution in [0.5, 0.6) is 0 Å². The van der Waals surface area contributed by atoms with Crippen LogP contribution in [0, 0.1) is 0 Å². The van der Waals surface area contributed by atoms with Crippen molar-refractivity contribution in [2.45, 2.75) is 6.92 Å². The lowest BCUT2D eigenvalue weighted by Crippen LogP contribution is -1.76. The minimum Gasteiger partial charge on any atom is -0.0991 e. The first-order chi connectivity index (χ1) is 5.22. The Balaban J connectivity index is 4.47. The molecule has 0 heteroatoms. The molecular formula is C11H14. The van der Waals surface area contributed by atoms with Crippen molar-refractivity contribution in [1.82, 2.24) is 0 Å². The van der Waals surface area contributed by atoms with Gasteiger partial charge in [0.15, 0.2) is 0 Å². The van der Waals surface area contributed by atoms with Crippen LogP contribution < -0.4 is 0 Å². The molecule has 0 saturated carbocycles. The summed E-state index contributed by atoms with van der Waals surface area (Å²) >= 11 is 0. The molecule has 0 unspecified atom stereocenters. The average molecular weight is 146 g/mol. The van der Waals surface area contributed by atoms with Gasteiger partial charge in [-0.1, -0.05) is 55.7 Å². The van der Waals surface area contributed by atoms with Crippen molar-refractivity contribution in [2.24, 2.45) is 0 Å². The highest BCUT2D eigenvalue weighted by Gasteiger charge is 1.88. The van der Waals surface area contributed by atoms with E-state index in [1.165, 1.54) is 0 Å². The van der Waals surface area contributed by atoms with Gasteiger partial charge in [0, 0.05) is 0 Å². The average Bonchev–Trinajstić information content (AvgIpc) is 1.97. The topological polar surface area (TPSA) is 0 Å². The second-order valence-electron chi connectivity index (χ2n) is 2.23. The Labute approximate surface area is 68.9 Å². The molecule has 11 heavy (non-hydrogen) atoms. The summed E-state index contributed by atoms with van der Waals surface area (Å²) in [5.74, 6) is 0. The molecule has 0 atom stereocenters. The van der Waals surface area contributed by atoms with Crippen LogP contribution in [0.15, 0.2) is 61.3 Å². The normalized spacial score (nSPS) is 11.5. The molecule has 0 rings (SSSR count). The maximum absolute atomic E-state index is 3.83. The molecule has 0 saturated heterocycles. The molecule has 0 heterocycles. The van der Waals surface area contributed by atoms with Crippen molar-refractivity contribution in [3.8, 4) is 0 Å². The third-order valence-electron chi connectivity index (χ3n) is 1.20. The summed E-state index contributed by atoms with van der Waals surface area (Å²) in [5, 5.41) is 0. The summed E-state index contributed by atoms with van der Waals surface area (Å²) in [6.45, 7) is 13.0. The van der Waals surface area contributed by atoms with Crippen molar-refractivity contribution in [2.75, 3.05) is 0 Å². The molecule has 0 aliphatic rings. The molecule has 58 valence electrons. The Kier molecular flexibility index (Phi) is 4.83. The summed E-state index contributed by atoms with van der Waals surface area (Å²) < 4.78 is 0. The van der Waals surface area contributed by atoms with Crippen LogP contribution in [0.3, 0.4) is 0 Å². The summed E-state index contributed by atoms with van der Waals surface area (Å²) in [6, 6.07) is 0. The Bertz CT molecular complexity index is 214. The molecule has 0 amide bonds. The Morgan fingerprint density at radius 3 is 2.18 bits per heavy atom. The third-order valence-corrected chi connectivity index (χ3v) is 1.20. The van der Waals surface area contributed by atoms with E-state index in [1.54, 1.807) is 12.2 Å². The van der Waals surface area contributed by atoms with Gasteiger partial charge >= 0.3 is 0 Å². The van der Waals surface area contributed by atoms with Crippen LogP contribution in [-0.2, 0) is 0 Å². The smallest absolute Gasteiger partial charge is 0.0233 e. The molecule has 0 fully saturated rings. The van der Waals surface area contributed by atoms with Crippen LogP contribution in [-0.4, -0.2) is 0 Å². The van der Waals surface area contributed by atoms with Gasteiger partial charge in [0.25, 0.3) is 0 Å². The van der Waals surface area contributed by atoms with Crippen molar-refractivity contribution in [1.29, 1.82) is 0 Å². The first-order valence-electron chi connectivity index (χ1n) is 3.50. The first-order valence-corrected chi connectivity index (χ1v) is 3.50. The molecule has 0 nitrogen and oxygen atoms in total. The van der Waals surface area contributed by atoms with Gasteiger partial charge in [-0.3, -0.25) is 0 Å². The van der Waals surface area contributed by atoms with Crippen molar-refractivity contribution in [3.05, 3.63) is 61.3 Å². The van der Waals surface area contributed by atoms with Gasteiger partial charge in [-0.25, -0.2) is 0 Å². The molecule has 0 N–H and O–H groups in total. The second kappa shape index (κ2) is 5.48. The maximum Gasteiger partial charge on any atom is -0.0233 e. The zero-order valence-electron chi connectivity index (χ0n) is 7.01. The number of allylic oxidation sites excluding steroid dienone is 7. The first kappa shape index (κ1) is 9.70. The van der Waals surface area contributed by atoms with Crippen LogP contribution in [0.2, 0.25) is 0 Å². The van der Waals surface area contributed by atoms with Gasteiger partial charge in [-0.05, 0) is 12.5 Å². The maximum atomic E-state index is 3.83. The lowest BCUT2D eigenvalue weighted by molar-refractivity contribution is 1.45. The van der Waals surface area contributed by atoms with E-state index in [0.717, 1.165) is 11.1 Å². The Morgan fingerprint density at radius 2 is 1.82 bits per heavy atom. The standard InChI is InChI=1S/C11H14/c1-5-7-9-11(8-6-2)10(3)4/h5-9H,1-3H2,4H3/b9-7-,11-8+. The molecule has 0 aromatic rings. The van der Waals surface area contributed by atoms with E-state index in [4.69, 9.17) is 0 Å². The van der Waals surface area contributed by atoms with E-state index in [-0.39, 0.29) is 0 Å². The van der Waals surface area contributed by atoms with Crippen molar-refractivity contribution < 1.29 is 0 Å². The van der Waals surface area contributed by atoms with Crippen LogP contribution in [0.25, 0.3) is 0 Å². The summed E-state index contributed by atoms with van der Waals surface area (Å²) in [5.41, 5.74) is 2.11. The summed E-state index contributed by atoms with van der Waals surface area (Å²) in [4.78, 5) is 0. The van der Waals surface area contributed by atoms with Gasteiger partial charge in [0.05, 0.1) is 0 Å². The molecular weight excluding hydrogens is 132 g/mol. The summed E-state index contributed by atoms with van der Waals surface area (Å²) in [7, 11) is 0. The van der Waals surface area contributed by atoms with Crippen LogP contribution >= 0.6 is 0 Å². The Morgan fingerprint density at radius 1 is 1.18 bits per heavy atom. The fraction of sp³-hybridized carbons (Fsp3) is 0.0909. The predicted octanol–water partition coefficient (Wildman–Crippen LogP) is 3.42. The molecule has 0 aliphatic heterocycles. The highest BCUT2D eigenvalue weighted by Crippen LogP contribution is 2.07. The van der Waals surface area contributed by atoms with E-state index in [1.807, 2.05) is 25.2 Å². The lowest BCUT2D eigenvalue weighted by Gasteiger charge is -1.96. The quantitative estimate of drug-likeness (QED) is 0.533. The molecule has 0 aromatic heterocycles. The molecule has 0 aromatic carbocycles. The van der Waals surface area contributed by atoms with Crippen LogP contribution in [0.4, 0.5) is 0 Å². The number of rotatable bonds is 4. The highest BCUT2D eigenvalue weighted by molar-refractivity contribution is 5.39. The van der Waals surface area contributed by atoms with E-state index >= 15 is 0 Å². The van der Waals surface area contributed by atoms with Gasteiger partial charge in [-0.15, -0.1) is 0 Å². The van der Waals surface area contributed by atoms with Crippen molar-refractivity contribution >= 4 is 0 Å². The minimum absolute atomic E-state index is 1.03. The lowest BCUT2D eigenvalue weighted by atomic mass is 10.1. The fourth-order valence-electron chi connectivity index (χ4n) is 0.639. The van der Waals surface area contributed by atoms with Crippen LogP contribution in [0.1, 0.15) is 6.92 Å². The summed E-state index contributed by atoms with van der Waals surface area (Å²) in [6.07, 6.45) is 9.24. The largest absolute Gasteiger partial charge is 0.0991 e. The third kappa shape index (κ3) is 4.15. The Hall–Kier alpha value is -1.30.